The predicted molar refractivity (Wildman–Crippen MR) is 57.2 cm³/mol. The van der Waals surface area contributed by atoms with E-state index >= 15 is 0 Å². The topological polar surface area (TPSA) is 121 Å². The summed E-state index contributed by atoms with van der Waals surface area (Å²) < 4.78 is 0. The fourth-order valence-corrected chi connectivity index (χ4v) is 1.90. The van der Waals surface area contributed by atoms with Gasteiger partial charge in [-0.25, -0.2) is 4.79 Å². The number of carboxylic acids is 2. The third-order valence-corrected chi connectivity index (χ3v) is 2.81. The number of aliphatic carboxylic acids is 2. The summed E-state index contributed by atoms with van der Waals surface area (Å²) in [6.07, 6.45) is 0.885. The summed E-state index contributed by atoms with van der Waals surface area (Å²) in [7, 11) is 0. The van der Waals surface area contributed by atoms with Gasteiger partial charge in [-0.15, -0.1) is 0 Å². The van der Waals surface area contributed by atoms with Crippen LogP contribution in [0.15, 0.2) is 0 Å². The first-order valence-electron chi connectivity index (χ1n) is 5.44. The molecule has 7 nitrogen and oxygen atoms in total. The SMILES string of the molecule is N[C@H](CCC(=O)O)C(=O)N1CCC[C@@H]1C(=O)O. The molecule has 0 spiro atoms. The number of likely N-dealkylation sites (tertiary alicyclic amines) is 1. The van der Waals surface area contributed by atoms with Gasteiger partial charge in [-0.2, -0.15) is 0 Å². The lowest BCUT2D eigenvalue weighted by atomic mass is 10.1. The molecule has 96 valence electrons. The van der Waals surface area contributed by atoms with E-state index in [-0.39, 0.29) is 12.8 Å². The highest BCUT2D eigenvalue weighted by Crippen LogP contribution is 2.18. The molecule has 0 aromatic carbocycles. The average Bonchev–Trinajstić information content (AvgIpc) is 2.73. The molecule has 1 saturated heterocycles. The Morgan fingerprint density at radius 3 is 2.53 bits per heavy atom. The summed E-state index contributed by atoms with van der Waals surface area (Å²) in [4.78, 5) is 34.3. The van der Waals surface area contributed by atoms with Gasteiger partial charge < -0.3 is 20.8 Å². The zero-order valence-corrected chi connectivity index (χ0v) is 9.33. The Hall–Kier alpha value is -1.63. The minimum atomic E-state index is -1.04. The van der Waals surface area contributed by atoms with E-state index in [4.69, 9.17) is 15.9 Å². The third-order valence-electron chi connectivity index (χ3n) is 2.81. The molecule has 1 amide bonds. The van der Waals surface area contributed by atoms with Crippen LogP contribution in [0.3, 0.4) is 0 Å². The van der Waals surface area contributed by atoms with E-state index in [0.29, 0.717) is 19.4 Å². The molecule has 0 aromatic heterocycles. The van der Waals surface area contributed by atoms with Crippen molar-refractivity contribution in [2.75, 3.05) is 6.54 Å². The number of hydrogen-bond acceptors (Lipinski definition) is 4. The van der Waals surface area contributed by atoms with Crippen LogP contribution in [-0.4, -0.2) is 51.6 Å². The van der Waals surface area contributed by atoms with Gasteiger partial charge >= 0.3 is 11.9 Å². The molecule has 1 aliphatic heterocycles. The molecule has 17 heavy (non-hydrogen) atoms. The molecule has 0 radical (unpaired) electrons. The number of rotatable bonds is 5. The lowest BCUT2D eigenvalue weighted by Gasteiger charge is -2.24. The summed E-state index contributed by atoms with van der Waals surface area (Å²) in [5.74, 6) is -2.54. The number of carboxylic acid groups (broad SMARTS) is 2. The molecule has 7 heteroatoms. The molecule has 0 bridgehead atoms. The van der Waals surface area contributed by atoms with E-state index in [1.54, 1.807) is 0 Å². The van der Waals surface area contributed by atoms with Gasteiger partial charge in [0.15, 0.2) is 0 Å². The van der Waals surface area contributed by atoms with Crippen LogP contribution in [0.2, 0.25) is 0 Å². The Labute approximate surface area is 98.2 Å². The van der Waals surface area contributed by atoms with Crippen LogP contribution in [0.4, 0.5) is 0 Å². The van der Waals surface area contributed by atoms with Crippen molar-refractivity contribution in [2.45, 2.75) is 37.8 Å². The van der Waals surface area contributed by atoms with Gasteiger partial charge in [0.25, 0.3) is 0 Å². The zero-order chi connectivity index (χ0) is 13.0. The van der Waals surface area contributed by atoms with Gasteiger partial charge in [-0.05, 0) is 19.3 Å². The highest BCUT2D eigenvalue weighted by Gasteiger charge is 2.35. The average molecular weight is 244 g/mol. The summed E-state index contributed by atoms with van der Waals surface area (Å²) >= 11 is 0. The molecule has 2 atom stereocenters. The maximum atomic E-state index is 11.8. The van der Waals surface area contributed by atoms with E-state index in [2.05, 4.69) is 0 Å². The van der Waals surface area contributed by atoms with Crippen LogP contribution in [-0.2, 0) is 14.4 Å². The molecule has 0 aromatic rings. The third kappa shape index (κ3) is 3.42. The van der Waals surface area contributed by atoms with Crippen molar-refractivity contribution < 1.29 is 24.6 Å². The van der Waals surface area contributed by atoms with Crippen molar-refractivity contribution in [2.24, 2.45) is 5.73 Å². The molecule has 1 fully saturated rings. The quantitative estimate of drug-likeness (QED) is 0.585. The van der Waals surface area contributed by atoms with Crippen molar-refractivity contribution in [3.63, 3.8) is 0 Å². The maximum Gasteiger partial charge on any atom is 0.326 e. The first-order valence-corrected chi connectivity index (χ1v) is 5.44. The minimum absolute atomic E-state index is 0.0248. The summed E-state index contributed by atoms with van der Waals surface area (Å²) in [6.45, 7) is 0.372. The standard InChI is InChI=1S/C10H16N2O5/c11-6(3-4-8(13)14)9(15)12-5-1-2-7(12)10(16)17/h6-7H,1-5,11H2,(H,13,14)(H,16,17)/t6-,7-/m1/s1. The molecule has 1 aliphatic rings. The Kier molecular flexibility index (Phi) is 4.45. The molecule has 0 unspecified atom stereocenters. The van der Waals surface area contributed by atoms with Crippen LogP contribution < -0.4 is 5.73 Å². The molecule has 1 rings (SSSR count). The largest absolute Gasteiger partial charge is 0.481 e. The fourth-order valence-electron chi connectivity index (χ4n) is 1.90. The smallest absolute Gasteiger partial charge is 0.326 e. The van der Waals surface area contributed by atoms with Gasteiger partial charge in [0, 0.05) is 13.0 Å². The van der Waals surface area contributed by atoms with E-state index in [9.17, 15) is 14.4 Å². The number of nitrogens with two attached hydrogens (primary N) is 1. The molecular formula is C10H16N2O5. The number of carbonyl (C=O) groups is 3. The predicted octanol–water partition coefficient (Wildman–Crippen LogP) is -0.746. The Morgan fingerprint density at radius 2 is 2.00 bits per heavy atom. The molecule has 0 saturated carbocycles. The first kappa shape index (κ1) is 13.4. The second-order valence-corrected chi connectivity index (χ2v) is 4.07. The van der Waals surface area contributed by atoms with Gasteiger partial charge in [0.1, 0.15) is 6.04 Å². The monoisotopic (exact) mass is 244 g/mol. The van der Waals surface area contributed by atoms with Crippen molar-refractivity contribution >= 4 is 17.8 Å². The number of carbonyl (C=O) groups excluding carboxylic acids is 1. The van der Waals surface area contributed by atoms with Crippen molar-refractivity contribution in [3.05, 3.63) is 0 Å². The van der Waals surface area contributed by atoms with E-state index in [1.807, 2.05) is 0 Å². The normalized spacial score (nSPS) is 21.2. The van der Waals surface area contributed by atoms with Gasteiger partial charge in [0.2, 0.25) is 5.91 Å². The zero-order valence-electron chi connectivity index (χ0n) is 9.33. The lowest BCUT2D eigenvalue weighted by molar-refractivity contribution is -0.149. The number of hydrogen-bond donors (Lipinski definition) is 3. The highest BCUT2D eigenvalue weighted by molar-refractivity contribution is 5.87. The highest BCUT2D eigenvalue weighted by atomic mass is 16.4. The number of nitrogens with zero attached hydrogens (tertiary/aromatic N) is 1. The molecule has 0 aliphatic carbocycles. The van der Waals surface area contributed by atoms with Gasteiger partial charge in [-0.1, -0.05) is 0 Å². The van der Waals surface area contributed by atoms with E-state index < -0.39 is 29.9 Å². The second-order valence-electron chi connectivity index (χ2n) is 4.07. The van der Waals surface area contributed by atoms with Crippen molar-refractivity contribution in [1.82, 2.24) is 4.90 Å². The minimum Gasteiger partial charge on any atom is -0.481 e. The Bertz CT molecular complexity index is 331. The van der Waals surface area contributed by atoms with Crippen LogP contribution in [0.25, 0.3) is 0 Å². The van der Waals surface area contributed by atoms with Crippen LogP contribution in [0, 0.1) is 0 Å². The number of amides is 1. The molecule has 1 heterocycles. The van der Waals surface area contributed by atoms with E-state index in [0.717, 1.165) is 0 Å². The summed E-state index contributed by atoms with van der Waals surface area (Å²) in [5.41, 5.74) is 5.56. The Balaban J connectivity index is 2.56. The Morgan fingerprint density at radius 1 is 1.35 bits per heavy atom. The summed E-state index contributed by atoms with van der Waals surface area (Å²) in [6, 6.07) is -1.76. The second kappa shape index (κ2) is 5.62. The maximum absolute atomic E-state index is 11.8. The summed E-state index contributed by atoms with van der Waals surface area (Å²) in [5, 5.41) is 17.4. The molecule has 4 N–H and O–H groups in total. The lowest BCUT2D eigenvalue weighted by Crippen LogP contribution is -2.48. The van der Waals surface area contributed by atoms with Crippen LogP contribution >= 0.6 is 0 Å². The van der Waals surface area contributed by atoms with Gasteiger partial charge in [-0.3, -0.25) is 9.59 Å². The van der Waals surface area contributed by atoms with Gasteiger partial charge in [0.05, 0.1) is 6.04 Å². The van der Waals surface area contributed by atoms with Crippen LogP contribution in [0.1, 0.15) is 25.7 Å². The van der Waals surface area contributed by atoms with Crippen molar-refractivity contribution in [3.8, 4) is 0 Å². The van der Waals surface area contributed by atoms with E-state index in [1.165, 1.54) is 4.90 Å². The fraction of sp³-hybridized carbons (Fsp3) is 0.700. The first-order chi connectivity index (χ1) is 7.93. The molecular weight excluding hydrogens is 228 g/mol. The van der Waals surface area contributed by atoms with Crippen molar-refractivity contribution in [1.29, 1.82) is 0 Å². The van der Waals surface area contributed by atoms with Crippen LogP contribution in [0.5, 0.6) is 0 Å².